The summed E-state index contributed by atoms with van der Waals surface area (Å²) >= 11 is 0. The summed E-state index contributed by atoms with van der Waals surface area (Å²) in [6.07, 6.45) is 3.90. The second-order valence-corrected chi connectivity index (χ2v) is 6.86. The van der Waals surface area contributed by atoms with E-state index in [-0.39, 0.29) is 19.1 Å². The minimum absolute atomic E-state index is 0.0151. The van der Waals surface area contributed by atoms with E-state index in [0.29, 0.717) is 11.4 Å². The molecule has 2 aromatic carbocycles. The molecule has 0 saturated carbocycles. The first-order valence-electron chi connectivity index (χ1n) is 9.62. The SMILES string of the molecule is COc1ncc(F)cc1C=CCNC(=O)OCC1c2ccccc2-c2ccccc21. The molecule has 0 fully saturated rings. The zero-order valence-electron chi connectivity index (χ0n) is 16.5. The number of halogens is 1. The normalized spacial score (nSPS) is 12.5. The smallest absolute Gasteiger partial charge is 0.407 e. The Balaban J connectivity index is 1.34. The van der Waals surface area contributed by atoms with Crippen LogP contribution in [-0.2, 0) is 4.74 Å². The average molecular weight is 404 g/mol. The fourth-order valence-electron chi connectivity index (χ4n) is 3.71. The topological polar surface area (TPSA) is 60.5 Å². The van der Waals surface area contributed by atoms with Crippen LogP contribution in [0.25, 0.3) is 17.2 Å². The van der Waals surface area contributed by atoms with Crippen LogP contribution in [0, 0.1) is 5.82 Å². The third kappa shape index (κ3) is 4.03. The van der Waals surface area contributed by atoms with Crippen LogP contribution in [0.2, 0.25) is 0 Å². The van der Waals surface area contributed by atoms with Gasteiger partial charge in [-0.25, -0.2) is 14.2 Å². The fourth-order valence-corrected chi connectivity index (χ4v) is 3.71. The molecule has 0 saturated heterocycles. The lowest BCUT2D eigenvalue weighted by Crippen LogP contribution is -2.26. The third-order valence-electron chi connectivity index (χ3n) is 5.04. The van der Waals surface area contributed by atoms with Gasteiger partial charge >= 0.3 is 6.09 Å². The van der Waals surface area contributed by atoms with E-state index in [4.69, 9.17) is 9.47 Å². The first-order chi connectivity index (χ1) is 14.7. The van der Waals surface area contributed by atoms with E-state index in [1.807, 2.05) is 24.3 Å². The molecule has 0 bridgehead atoms. The number of hydrogen-bond donors (Lipinski definition) is 1. The summed E-state index contributed by atoms with van der Waals surface area (Å²) in [6.45, 7) is 0.488. The number of methoxy groups -OCH3 is 1. The average Bonchev–Trinajstić information content (AvgIpc) is 3.09. The minimum atomic E-state index is -0.508. The van der Waals surface area contributed by atoms with Gasteiger partial charge in [-0.2, -0.15) is 0 Å². The van der Waals surface area contributed by atoms with Crippen molar-refractivity contribution in [3.05, 3.63) is 89.4 Å². The Morgan fingerprint density at radius 3 is 2.47 bits per heavy atom. The summed E-state index contributed by atoms with van der Waals surface area (Å²) < 4.78 is 23.9. The number of amides is 1. The molecule has 0 atom stereocenters. The maximum absolute atomic E-state index is 13.3. The number of nitrogens with zero attached hydrogens (tertiary/aromatic N) is 1. The Labute approximate surface area is 174 Å². The Hall–Kier alpha value is -3.67. The molecule has 5 nitrogen and oxygen atoms in total. The fraction of sp³-hybridized carbons (Fsp3) is 0.167. The van der Waals surface area contributed by atoms with Crippen LogP contribution in [0.15, 0.2) is 66.9 Å². The second-order valence-electron chi connectivity index (χ2n) is 6.86. The molecule has 6 heteroatoms. The minimum Gasteiger partial charge on any atom is -0.481 e. The summed E-state index contributed by atoms with van der Waals surface area (Å²) in [5, 5.41) is 2.67. The lowest BCUT2D eigenvalue weighted by Gasteiger charge is -2.14. The molecule has 1 aromatic heterocycles. The van der Waals surface area contributed by atoms with Gasteiger partial charge in [0.25, 0.3) is 0 Å². The first-order valence-corrected chi connectivity index (χ1v) is 9.62. The van der Waals surface area contributed by atoms with Crippen LogP contribution in [-0.4, -0.2) is 31.3 Å². The largest absolute Gasteiger partial charge is 0.481 e. The molecular weight excluding hydrogens is 383 g/mol. The predicted octanol–water partition coefficient (Wildman–Crippen LogP) is 4.78. The molecule has 152 valence electrons. The van der Waals surface area contributed by atoms with E-state index >= 15 is 0 Å². The van der Waals surface area contributed by atoms with Gasteiger partial charge in [0.05, 0.1) is 13.3 Å². The van der Waals surface area contributed by atoms with Crippen LogP contribution < -0.4 is 10.1 Å². The van der Waals surface area contributed by atoms with Crippen molar-refractivity contribution in [2.24, 2.45) is 0 Å². The van der Waals surface area contributed by atoms with Gasteiger partial charge in [0.2, 0.25) is 5.88 Å². The first kappa shape index (κ1) is 19.6. The molecule has 1 heterocycles. The zero-order valence-corrected chi connectivity index (χ0v) is 16.5. The zero-order chi connectivity index (χ0) is 20.9. The van der Waals surface area contributed by atoms with Crippen molar-refractivity contribution in [2.75, 3.05) is 20.3 Å². The maximum atomic E-state index is 13.3. The van der Waals surface area contributed by atoms with E-state index in [1.54, 1.807) is 12.2 Å². The van der Waals surface area contributed by atoms with E-state index < -0.39 is 11.9 Å². The number of aromatic nitrogens is 1. The number of ether oxygens (including phenoxy) is 2. The van der Waals surface area contributed by atoms with Crippen molar-refractivity contribution in [1.82, 2.24) is 10.3 Å². The number of fused-ring (bicyclic) bond motifs is 3. The highest BCUT2D eigenvalue weighted by molar-refractivity contribution is 5.79. The van der Waals surface area contributed by atoms with Gasteiger partial charge in [0, 0.05) is 18.0 Å². The number of carbonyl (C=O) groups excluding carboxylic acids is 1. The molecule has 1 N–H and O–H groups in total. The van der Waals surface area contributed by atoms with Gasteiger partial charge in [0.1, 0.15) is 12.4 Å². The number of pyridine rings is 1. The number of carbonyl (C=O) groups is 1. The molecule has 0 aliphatic heterocycles. The van der Waals surface area contributed by atoms with Crippen molar-refractivity contribution in [1.29, 1.82) is 0 Å². The number of benzene rings is 2. The van der Waals surface area contributed by atoms with Gasteiger partial charge in [0.15, 0.2) is 0 Å². The number of hydrogen-bond acceptors (Lipinski definition) is 4. The highest BCUT2D eigenvalue weighted by Crippen LogP contribution is 2.44. The van der Waals surface area contributed by atoms with Gasteiger partial charge in [-0.1, -0.05) is 60.7 Å². The van der Waals surface area contributed by atoms with Crippen LogP contribution in [0.3, 0.4) is 0 Å². The van der Waals surface area contributed by atoms with Crippen molar-refractivity contribution in [3.8, 4) is 17.0 Å². The Morgan fingerprint density at radius 2 is 1.80 bits per heavy atom. The highest BCUT2D eigenvalue weighted by Gasteiger charge is 2.28. The second kappa shape index (κ2) is 8.78. The van der Waals surface area contributed by atoms with E-state index in [0.717, 1.165) is 17.3 Å². The Kier molecular flexibility index (Phi) is 5.75. The summed E-state index contributed by atoms with van der Waals surface area (Å²) in [7, 11) is 1.46. The molecule has 4 rings (SSSR count). The summed E-state index contributed by atoms with van der Waals surface area (Å²) in [5.74, 6) is -0.130. The summed E-state index contributed by atoms with van der Waals surface area (Å²) in [4.78, 5) is 16.0. The quantitative estimate of drug-likeness (QED) is 0.642. The standard InChI is InChI=1S/C24H21FN2O3/c1-29-23-16(13-17(25)14-27-23)7-6-12-26-24(28)30-15-22-20-10-4-2-8-18(20)19-9-3-5-11-21(19)22/h2-11,13-14,22H,12,15H2,1H3,(H,26,28). The molecule has 1 aliphatic rings. The number of alkyl carbamates (subject to hydrolysis) is 1. The molecule has 0 unspecified atom stereocenters. The maximum Gasteiger partial charge on any atom is 0.407 e. The van der Waals surface area contributed by atoms with Gasteiger partial charge in [-0.3, -0.25) is 0 Å². The summed E-state index contributed by atoms with van der Waals surface area (Å²) in [5.41, 5.74) is 5.19. The van der Waals surface area contributed by atoms with Crippen LogP contribution in [0.5, 0.6) is 5.88 Å². The van der Waals surface area contributed by atoms with E-state index in [1.165, 1.54) is 24.3 Å². The summed E-state index contributed by atoms with van der Waals surface area (Å²) in [6, 6.07) is 17.7. The molecule has 0 spiro atoms. The molecule has 1 aliphatic carbocycles. The molecule has 0 radical (unpaired) electrons. The lowest BCUT2D eigenvalue weighted by molar-refractivity contribution is 0.144. The highest BCUT2D eigenvalue weighted by atomic mass is 19.1. The van der Waals surface area contributed by atoms with Crippen molar-refractivity contribution in [3.63, 3.8) is 0 Å². The predicted molar refractivity (Wildman–Crippen MR) is 113 cm³/mol. The molecular formula is C24H21FN2O3. The Bertz CT molecular complexity index is 1050. The number of nitrogens with one attached hydrogen (secondary N) is 1. The molecule has 30 heavy (non-hydrogen) atoms. The lowest BCUT2D eigenvalue weighted by atomic mass is 9.98. The van der Waals surface area contributed by atoms with Crippen LogP contribution in [0.4, 0.5) is 9.18 Å². The van der Waals surface area contributed by atoms with Crippen LogP contribution >= 0.6 is 0 Å². The van der Waals surface area contributed by atoms with Crippen LogP contribution in [0.1, 0.15) is 22.6 Å². The van der Waals surface area contributed by atoms with E-state index in [9.17, 15) is 9.18 Å². The van der Waals surface area contributed by atoms with Gasteiger partial charge < -0.3 is 14.8 Å². The van der Waals surface area contributed by atoms with E-state index in [2.05, 4.69) is 34.6 Å². The third-order valence-corrected chi connectivity index (χ3v) is 5.04. The van der Waals surface area contributed by atoms with Gasteiger partial charge in [-0.15, -0.1) is 0 Å². The molecule has 1 amide bonds. The monoisotopic (exact) mass is 404 g/mol. The number of rotatable bonds is 6. The van der Waals surface area contributed by atoms with Crippen molar-refractivity contribution >= 4 is 12.2 Å². The van der Waals surface area contributed by atoms with Crippen molar-refractivity contribution < 1.29 is 18.7 Å². The Morgan fingerprint density at radius 1 is 1.13 bits per heavy atom. The molecule has 3 aromatic rings. The van der Waals surface area contributed by atoms with Crippen molar-refractivity contribution in [2.45, 2.75) is 5.92 Å². The van der Waals surface area contributed by atoms with Gasteiger partial charge in [-0.05, 0) is 28.3 Å².